The second kappa shape index (κ2) is 7.97. The summed E-state index contributed by atoms with van der Waals surface area (Å²) in [5, 5.41) is 6.47. The van der Waals surface area contributed by atoms with Crippen LogP contribution in [0.4, 0.5) is 0 Å². The molecule has 0 unspecified atom stereocenters. The molecular weight excluding hydrogens is 250 g/mol. The van der Waals surface area contributed by atoms with Crippen LogP contribution in [0.5, 0.6) is 0 Å². The van der Waals surface area contributed by atoms with Gasteiger partial charge in [0.2, 0.25) is 5.91 Å². The number of halogens is 1. The quantitative estimate of drug-likeness (QED) is 0.764. The number of amides is 1. The number of hydrogen-bond acceptors (Lipinski definition) is 3. The summed E-state index contributed by atoms with van der Waals surface area (Å²) >= 11 is 0. The summed E-state index contributed by atoms with van der Waals surface area (Å²) in [5.74, 6) is 0.222. The van der Waals surface area contributed by atoms with Crippen LogP contribution in [0, 0.1) is 0 Å². The van der Waals surface area contributed by atoms with E-state index in [1.807, 2.05) is 0 Å². The van der Waals surface area contributed by atoms with Crippen LogP contribution in [0.25, 0.3) is 0 Å². The highest BCUT2D eigenvalue weighted by Crippen LogP contribution is 2.19. The highest BCUT2D eigenvalue weighted by molar-refractivity contribution is 5.85. The molecule has 0 aromatic rings. The van der Waals surface area contributed by atoms with Crippen LogP contribution in [0.15, 0.2) is 0 Å². The fourth-order valence-corrected chi connectivity index (χ4v) is 2.54. The molecule has 0 aromatic carbocycles. The van der Waals surface area contributed by atoms with Gasteiger partial charge in [-0.1, -0.05) is 6.92 Å². The highest BCUT2D eigenvalue weighted by atomic mass is 35.5. The Labute approximate surface area is 116 Å². The Morgan fingerprint density at radius 2 is 1.94 bits per heavy atom. The molecular formula is C13H26ClN3O. The van der Waals surface area contributed by atoms with E-state index in [1.54, 1.807) is 0 Å². The zero-order valence-corrected chi connectivity index (χ0v) is 12.1. The topological polar surface area (TPSA) is 44.4 Å². The summed E-state index contributed by atoms with van der Waals surface area (Å²) in [6.45, 7) is 6.01. The first-order chi connectivity index (χ1) is 8.29. The van der Waals surface area contributed by atoms with Crippen molar-refractivity contribution in [1.82, 2.24) is 15.5 Å². The van der Waals surface area contributed by atoms with Crippen LogP contribution < -0.4 is 10.6 Å². The lowest BCUT2D eigenvalue weighted by Crippen LogP contribution is -2.47. The standard InChI is InChI=1S/C13H25N3O.ClH/c1-2-9-16(12-5-7-14-8-6-12)10-13(17)15-11-3-4-11;/h11-12,14H,2-10H2,1H3,(H,15,17);1H. The zero-order chi connectivity index (χ0) is 12.1. The lowest BCUT2D eigenvalue weighted by atomic mass is 10.0. The number of carbonyl (C=O) groups excluding carboxylic acids is 1. The van der Waals surface area contributed by atoms with Crippen LogP contribution in [0.1, 0.15) is 39.0 Å². The summed E-state index contributed by atoms with van der Waals surface area (Å²) in [7, 11) is 0. The van der Waals surface area contributed by atoms with Gasteiger partial charge < -0.3 is 10.6 Å². The Bertz CT molecular complexity index is 253. The molecule has 2 fully saturated rings. The van der Waals surface area contributed by atoms with E-state index in [4.69, 9.17) is 0 Å². The molecule has 1 heterocycles. The van der Waals surface area contributed by atoms with Crippen molar-refractivity contribution in [2.24, 2.45) is 0 Å². The van der Waals surface area contributed by atoms with Crippen molar-refractivity contribution in [3.05, 3.63) is 0 Å². The van der Waals surface area contributed by atoms with Crippen LogP contribution in [-0.2, 0) is 4.79 Å². The van der Waals surface area contributed by atoms with E-state index in [9.17, 15) is 4.79 Å². The second-order valence-corrected chi connectivity index (χ2v) is 5.29. The lowest BCUT2D eigenvalue weighted by Gasteiger charge is -2.34. The molecule has 2 N–H and O–H groups in total. The van der Waals surface area contributed by atoms with Crippen molar-refractivity contribution in [1.29, 1.82) is 0 Å². The first-order valence-electron chi connectivity index (χ1n) is 7.03. The van der Waals surface area contributed by atoms with E-state index >= 15 is 0 Å². The van der Waals surface area contributed by atoms with Gasteiger partial charge in [0.15, 0.2) is 0 Å². The average molecular weight is 276 g/mol. The van der Waals surface area contributed by atoms with E-state index in [0.29, 0.717) is 18.6 Å². The molecule has 0 aromatic heterocycles. The molecule has 0 radical (unpaired) electrons. The maximum atomic E-state index is 11.9. The average Bonchev–Trinajstić information content (AvgIpc) is 3.13. The lowest BCUT2D eigenvalue weighted by molar-refractivity contribution is -0.123. The number of piperidine rings is 1. The second-order valence-electron chi connectivity index (χ2n) is 5.29. The van der Waals surface area contributed by atoms with Crippen molar-refractivity contribution in [3.8, 4) is 0 Å². The van der Waals surface area contributed by atoms with Crippen molar-refractivity contribution in [3.63, 3.8) is 0 Å². The van der Waals surface area contributed by atoms with Crippen LogP contribution in [-0.4, -0.2) is 49.1 Å². The van der Waals surface area contributed by atoms with Gasteiger partial charge in [-0.25, -0.2) is 0 Å². The maximum Gasteiger partial charge on any atom is 0.234 e. The minimum atomic E-state index is 0. The fourth-order valence-electron chi connectivity index (χ4n) is 2.54. The van der Waals surface area contributed by atoms with E-state index in [2.05, 4.69) is 22.5 Å². The third kappa shape index (κ3) is 5.12. The summed E-state index contributed by atoms with van der Waals surface area (Å²) in [4.78, 5) is 14.2. The SMILES string of the molecule is CCCN(CC(=O)NC1CC1)C1CCNCC1.Cl. The van der Waals surface area contributed by atoms with E-state index < -0.39 is 0 Å². The van der Waals surface area contributed by atoms with Gasteiger partial charge in [0.25, 0.3) is 0 Å². The fraction of sp³-hybridized carbons (Fsp3) is 0.923. The summed E-state index contributed by atoms with van der Waals surface area (Å²) < 4.78 is 0. The molecule has 1 saturated carbocycles. The first kappa shape index (κ1) is 15.7. The predicted octanol–water partition coefficient (Wildman–Crippen LogP) is 1.15. The van der Waals surface area contributed by atoms with E-state index in [-0.39, 0.29) is 18.3 Å². The first-order valence-corrected chi connectivity index (χ1v) is 7.03. The minimum absolute atomic E-state index is 0. The monoisotopic (exact) mass is 275 g/mol. The smallest absolute Gasteiger partial charge is 0.234 e. The summed E-state index contributed by atoms with van der Waals surface area (Å²) in [6.07, 6.45) is 5.83. The van der Waals surface area contributed by atoms with Gasteiger partial charge in [-0.3, -0.25) is 9.69 Å². The van der Waals surface area contributed by atoms with Gasteiger partial charge in [-0.05, 0) is 51.7 Å². The van der Waals surface area contributed by atoms with Crippen LogP contribution >= 0.6 is 12.4 Å². The zero-order valence-electron chi connectivity index (χ0n) is 11.3. The molecule has 0 bridgehead atoms. The molecule has 0 spiro atoms. The van der Waals surface area contributed by atoms with Crippen molar-refractivity contribution in [2.45, 2.75) is 51.1 Å². The Kier molecular flexibility index (Phi) is 6.97. The molecule has 1 aliphatic heterocycles. The number of nitrogens with zero attached hydrogens (tertiary/aromatic N) is 1. The number of rotatable bonds is 6. The Hall–Kier alpha value is -0.320. The normalized spacial score (nSPS) is 20.6. The molecule has 1 aliphatic carbocycles. The van der Waals surface area contributed by atoms with Crippen molar-refractivity contribution < 1.29 is 4.79 Å². The molecule has 1 amide bonds. The summed E-state index contributed by atoms with van der Waals surface area (Å²) in [6, 6.07) is 1.08. The largest absolute Gasteiger partial charge is 0.352 e. The van der Waals surface area contributed by atoms with Crippen LogP contribution in [0.3, 0.4) is 0 Å². The molecule has 18 heavy (non-hydrogen) atoms. The Balaban J connectivity index is 0.00000162. The van der Waals surface area contributed by atoms with Crippen molar-refractivity contribution in [2.75, 3.05) is 26.2 Å². The van der Waals surface area contributed by atoms with E-state index in [1.165, 1.54) is 25.7 Å². The van der Waals surface area contributed by atoms with Gasteiger partial charge in [0, 0.05) is 12.1 Å². The Morgan fingerprint density at radius 1 is 1.28 bits per heavy atom. The molecule has 4 nitrogen and oxygen atoms in total. The highest BCUT2D eigenvalue weighted by Gasteiger charge is 2.26. The predicted molar refractivity (Wildman–Crippen MR) is 76.2 cm³/mol. The molecule has 106 valence electrons. The molecule has 1 saturated heterocycles. The van der Waals surface area contributed by atoms with Crippen LogP contribution in [0.2, 0.25) is 0 Å². The Morgan fingerprint density at radius 3 is 2.50 bits per heavy atom. The molecule has 5 heteroatoms. The summed E-state index contributed by atoms with van der Waals surface area (Å²) in [5.41, 5.74) is 0. The maximum absolute atomic E-state index is 11.9. The van der Waals surface area contributed by atoms with Crippen molar-refractivity contribution >= 4 is 18.3 Å². The molecule has 0 atom stereocenters. The third-order valence-corrected chi connectivity index (χ3v) is 3.63. The van der Waals surface area contributed by atoms with Gasteiger partial charge in [-0.15, -0.1) is 12.4 Å². The van der Waals surface area contributed by atoms with Gasteiger partial charge >= 0.3 is 0 Å². The third-order valence-electron chi connectivity index (χ3n) is 3.63. The molecule has 2 aliphatic rings. The van der Waals surface area contributed by atoms with E-state index in [0.717, 1.165) is 26.1 Å². The van der Waals surface area contributed by atoms with Gasteiger partial charge in [-0.2, -0.15) is 0 Å². The number of carbonyl (C=O) groups is 1. The van der Waals surface area contributed by atoms with Gasteiger partial charge in [0.05, 0.1) is 6.54 Å². The number of nitrogens with one attached hydrogen (secondary N) is 2. The minimum Gasteiger partial charge on any atom is -0.352 e. The number of hydrogen-bond donors (Lipinski definition) is 2. The molecule has 2 rings (SSSR count). The van der Waals surface area contributed by atoms with Gasteiger partial charge in [0.1, 0.15) is 0 Å².